The van der Waals surface area contributed by atoms with Gasteiger partial charge in [-0.05, 0) is 61.4 Å². The maximum atomic E-state index is 12.4. The molecule has 0 aromatic heterocycles. The van der Waals surface area contributed by atoms with Crippen LogP contribution in [-0.2, 0) is 10.0 Å². The van der Waals surface area contributed by atoms with Crippen molar-refractivity contribution in [2.75, 3.05) is 32.6 Å². The smallest absolute Gasteiger partial charge is 0.242 e. The van der Waals surface area contributed by atoms with Gasteiger partial charge >= 0.3 is 0 Å². The van der Waals surface area contributed by atoms with E-state index in [1.165, 1.54) is 18.4 Å². The quantitative estimate of drug-likeness (QED) is 0.755. The monoisotopic (exact) mass is 373 g/mol. The van der Waals surface area contributed by atoms with Crippen molar-refractivity contribution in [2.24, 2.45) is 0 Å². The van der Waals surface area contributed by atoms with Crippen molar-refractivity contribution in [3.05, 3.63) is 53.1 Å². The molecule has 2 rings (SSSR count). The van der Waals surface area contributed by atoms with Crippen molar-refractivity contribution in [3.63, 3.8) is 0 Å². The number of anilines is 1. The Hall–Kier alpha value is -2.56. The normalized spacial score (nSPS) is 11.2. The first-order valence-corrected chi connectivity index (χ1v) is 9.60. The summed E-state index contributed by atoms with van der Waals surface area (Å²) in [6, 6.07) is 12.3. The second-order valence-electron chi connectivity index (χ2n) is 6.11. The van der Waals surface area contributed by atoms with Crippen molar-refractivity contribution in [2.45, 2.75) is 18.7 Å². The first-order chi connectivity index (χ1) is 12.3. The molecule has 0 spiro atoms. The molecule has 0 saturated heterocycles. The van der Waals surface area contributed by atoms with Gasteiger partial charge in [-0.1, -0.05) is 0 Å². The van der Waals surface area contributed by atoms with Crippen LogP contribution in [0.1, 0.15) is 16.7 Å². The molecule has 2 aromatic carbocycles. The van der Waals surface area contributed by atoms with E-state index in [1.54, 1.807) is 36.4 Å². The molecule has 0 bridgehead atoms. The number of nitrogens with zero attached hydrogens (tertiary/aromatic N) is 2. The van der Waals surface area contributed by atoms with E-state index in [0.717, 1.165) is 16.8 Å². The van der Waals surface area contributed by atoms with Crippen LogP contribution in [0, 0.1) is 25.2 Å². The number of aryl methyl sites for hydroxylation is 1. The minimum absolute atomic E-state index is 0.265. The zero-order valence-corrected chi connectivity index (χ0v) is 16.2. The Balaban J connectivity index is 2.04. The lowest BCUT2D eigenvalue weighted by Crippen LogP contribution is -2.22. The van der Waals surface area contributed by atoms with Gasteiger partial charge in [-0.3, -0.25) is 0 Å². The number of ether oxygens (including phenoxy) is 1. The van der Waals surface area contributed by atoms with Crippen LogP contribution in [0.5, 0.6) is 5.75 Å². The standard InChI is InChI=1S/C19H23N3O3S/c1-14-11-18(26(23,24)22(3)4)12-19(15(14)2)21-9-10-25-17-7-5-16(13-20)6-8-17/h5-8,11-12,21H,9-10H2,1-4H3. The van der Waals surface area contributed by atoms with Crippen LogP contribution in [0.15, 0.2) is 41.3 Å². The summed E-state index contributed by atoms with van der Waals surface area (Å²) < 4.78 is 31.6. The molecule has 26 heavy (non-hydrogen) atoms. The Kier molecular flexibility index (Phi) is 6.24. The predicted molar refractivity (Wildman–Crippen MR) is 102 cm³/mol. The third-order valence-corrected chi connectivity index (χ3v) is 5.88. The van der Waals surface area contributed by atoms with Crippen LogP contribution in [-0.4, -0.2) is 40.0 Å². The second kappa shape index (κ2) is 8.21. The van der Waals surface area contributed by atoms with Gasteiger partial charge in [0.25, 0.3) is 0 Å². The second-order valence-corrected chi connectivity index (χ2v) is 8.26. The van der Waals surface area contributed by atoms with Gasteiger partial charge in [0, 0.05) is 26.3 Å². The van der Waals surface area contributed by atoms with Crippen molar-refractivity contribution in [1.82, 2.24) is 4.31 Å². The Morgan fingerprint density at radius 1 is 1.15 bits per heavy atom. The molecule has 2 aromatic rings. The van der Waals surface area contributed by atoms with Gasteiger partial charge in [-0.25, -0.2) is 12.7 Å². The third-order valence-electron chi connectivity index (χ3n) is 4.09. The predicted octanol–water partition coefficient (Wildman–Crippen LogP) is 2.92. The van der Waals surface area contributed by atoms with Crippen LogP contribution in [0.2, 0.25) is 0 Å². The molecule has 0 heterocycles. The van der Waals surface area contributed by atoms with E-state index in [9.17, 15) is 8.42 Å². The van der Waals surface area contributed by atoms with E-state index in [2.05, 4.69) is 11.4 Å². The number of nitrogens with one attached hydrogen (secondary N) is 1. The summed E-state index contributed by atoms with van der Waals surface area (Å²) in [7, 11) is -0.449. The zero-order chi connectivity index (χ0) is 19.3. The van der Waals surface area contributed by atoms with Crippen molar-refractivity contribution in [3.8, 4) is 11.8 Å². The molecule has 0 aliphatic carbocycles. The van der Waals surface area contributed by atoms with Crippen LogP contribution >= 0.6 is 0 Å². The van der Waals surface area contributed by atoms with E-state index in [4.69, 9.17) is 10.00 Å². The van der Waals surface area contributed by atoms with E-state index in [0.29, 0.717) is 24.5 Å². The molecule has 0 radical (unpaired) electrons. The third kappa shape index (κ3) is 4.54. The highest BCUT2D eigenvalue weighted by Gasteiger charge is 2.19. The summed E-state index contributed by atoms with van der Waals surface area (Å²) >= 11 is 0. The van der Waals surface area contributed by atoms with Gasteiger partial charge < -0.3 is 10.1 Å². The van der Waals surface area contributed by atoms with E-state index >= 15 is 0 Å². The largest absolute Gasteiger partial charge is 0.492 e. The minimum Gasteiger partial charge on any atom is -0.492 e. The Morgan fingerprint density at radius 3 is 2.38 bits per heavy atom. The first kappa shape index (κ1) is 19.8. The average Bonchev–Trinajstić information content (AvgIpc) is 2.62. The van der Waals surface area contributed by atoms with Crippen LogP contribution in [0.4, 0.5) is 5.69 Å². The summed E-state index contributed by atoms with van der Waals surface area (Å²) in [5.41, 5.74) is 3.26. The average molecular weight is 373 g/mol. The lowest BCUT2D eigenvalue weighted by Gasteiger charge is -2.17. The first-order valence-electron chi connectivity index (χ1n) is 8.16. The molecule has 138 valence electrons. The van der Waals surface area contributed by atoms with Gasteiger partial charge in [-0.15, -0.1) is 0 Å². The molecule has 0 aliphatic rings. The van der Waals surface area contributed by atoms with Crippen LogP contribution < -0.4 is 10.1 Å². The van der Waals surface area contributed by atoms with Crippen LogP contribution in [0.3, 0.4) is 0 Å². The van der Waals surface area contributed by atoms with E-state index in [1.807, 2.05) is 13.8 Å². The maximum absolute atomic E-state index is 12.4. The summed E-state index contributed by atoms with van der Waals surface area (Å²) in [6.07, 6.45) is 0. The summed E-state index contributed by atoms with van der Waals surface area (Å²) in [6.45, 7) is 4.77. The molecule has 0 amide bonds. The van der Waals surface area contributed by atoms with E-state index in [-0.39, 0.29) is 4.90 Å². The molecular weight excluding hydrogens is 350 g/mol. The van der Waals surface area contributed by atoms with Crippen LogP contribution in [0.25, 0.3) is 0 Å². The molecule has 7 heteroatoms. The number of benzene rings is 2. The Bertz CT molecular complexity index is 914. The topological polar surface area (TPSA) is 82.4 Å². The van der Waals surface area contributed by atoms with Gasteiger partial charge in [0.15, 0.2) is 0 Å². The Morgan fingerprint density at radius 2 is 1.81 bits per heavy atom. The maximum Gasteiger partial charge on any atom is 0.242 e. The number of sulfonamides is 1. The molecule has 0 unspecified atom stereocenters. The molecule has 0 aliphatic heterocycles. The van der Waals surface area contributed by atoms with Crippen molar-refractivity contribution >= 4 is 15.7 Å². The molecule has 1 N–H and O–H groups in total. The highest BCUT2D eigenvalue weighted by molar-refractivity contribution is 7.89. The highest BCUT2D eigenvalue weighted by atomic mass is 32.2. The fraction of sp³-hybridized carbons (Fsp3) is 0.316. The van der Waals surface area contributed by atoms with Crippen molar-refractivity contribution in [1.29, 1.82) is 5.26 Å². The van der Waals surface area contributed by atoms with Gasteiger partial charge in [0.2, 0.25) is 10.0 Å². The molecule has 0 saturated carbocycles. The summed E-state index contributed by atoms with van der Waals surface area (Å²) in [5.74, 6) is 0.683. The summed E-state index contributed by atoms with van der Waals surface area (Å²) in [4.78, 5) is 0.265. The lowest BCUT2D eigenvalue weighted by atomic mass is 10.1. The molecule has 6 nitrogen and oxygen atoms in total. The SMILES string of the molecule is Cc1cc(S(=O)(=O)N(C)C)cc(NCCOc2ccc(C#N)cc2)c1C. The minimum atomic E-state index is -3.48. The number of rotatable bonds is 7. The highest BCUT2D eigenvalue weighted by Crippen LogP contribution is 2.25. The zero-order valence-electron chi connectivity index (χ0n) is 15.4. The summed E-state index contributed by atoms with van der Waals surface area (Å²) in [5, 5.41) is 12.0. The van der Waals surface area contributed by atoms with Gasteiger partial charge in [0.1, 0.15) is 12.4 Å². The van der Waals surface area contributed by atoms with Gasteiger partial charge in [0.05, 0.1) is 16.5 Å². The fourth-order valence-electron chi connectivity index (χ4n) is 2.35. The molecular formula is C19H23N3O3S. The van der Waals surface area contributed by atoms with Crippen molar-refractivity contribution < 1.29 is 13.2 Å². The molecule has 0 atom stereocenters. The van der Waals surface area contributed by atoms with E-state index < -0.39 is 10.0 Å². The number of hydrogen-bond donors (Lipinski definition) is 1. The fourth-order valence-corrected chi connectivity index (χ4v) is 3.36. The Labute approximate surface area is 155 Å². The lowest BCUT2D eigenvalue weighted by molar-refractivity contribution is 0.333. The number of hydrogen-bond acceptors (Lipinski definition) is 5. The number of nitriles is 1. The molecule has 0 fully saturated rings. The van der Waals surface area contributed by atoms with Gasteiger partial charge in [-0.2, -0.15) is 5.26 Å².